The Hall–Kier alpha value is -1.22. The third kappa shape index (κ3) is 4.93. The van der Waals surface area contributed by atoms with Crippen LogP contribution in [0.3, 0.4) is 0 Å². The van der Waals surface area contributed by atoms with Gasteiger partial charge in [-0.2, -0.15) is 0 Å². The number of halogens is 1. The van der Waals surface area contributed by atoms with Gasteiger partial charge in [0.1, 0.15) is 0 Å². The van der Waals surface area contributed by atoms with E-state index in [-0.39, 0.29) is 29.4 Å². The molecular formula is C22H34IN3O3. The number of benzene rings is 1. The summed E-state index contributed by atoms with van der Waals surface area (Å²) in [5.74, 6) is 4.11. The lowest BCUT2D eigenvalue weighted by atomic mass is 9.74. The van der Waals surface area contributed by atoms with Crippen molar-refractivity contribution in [3.05, 3.63) is 23.8 Å². The van der Waals surface area contributed by atoms with Gasteiger partial charge in [0.25, 0.3) is 0 Å². The molecule has 6 nitrogen and oxygen atoms in total. The van der Waals surface area contributed by atoms with Crippen molar-refractivity contribution in [1.29, 1.82) is 0 Å². The molecule has 2 unspecified atom stereocenters. The van der Waals surface area contributed by atoms with Gasteiger partial charge in [-0.3, -0.25) is 4.99 Å². The van der Waals surface area contributed by atoms with Crippen molar-refractivity contribution >= 4 is 29.9 Å². The van der Waals surface area contributed by atoms with Gasteiger partial charge in [0.15, 0.2) is 17.5 Å². The predicted molar refractivity (Wildman–Crippen MR) is 126 cm³/mol. The van der Waals surface area contributed by atoms with Crippen LogP contribution in [-0.2, 0) is 10.2 Å². The maximum absolute atomic E-state index is 5.69. The Morgan fingerprint density at radius 2 is 1.83 bits per heavy atom. The average molecular weight is 515 g/mol. The highest BCUT2D eigenvalue weighted by molar-refractivity contribution is 14.0. The van der Waals surface area contributed by atoms with Crippen LogP contribution in [0.4, 0.5) is 0 Å². The number of hydrogen-bond donors (Lipinski definition) is 1. The lowest BCUT2D eigenvalue weighted by Crippen LogP contribution is -2.52. The molecule has 1 aromatic carbocycles. The van der Waals surface area contributed by atoms with Crippen molar-refractivity contribution in [3.63, 3.8) is 0 Å². The molecule has 0 aliphatic carbocycles. The standard InChI is InChI=1S/C22H33N3O3.HI/c1-16-10-17(2)13-25(12-16)21(23-3)24-14-22(6-8-26-9-7-22)18-4-5-19-20(11-18)28-15-27-19;/h4-5,11,16-17H,6-10,12-15H2,1-3H3,(H,23,24);1H. The fourth-order valence-electron chi connectivity index (χ4n) is 4.97. The number of guanidine groups is 1. The zero-order valence-corrected chi connectivity index (χ0v) is 20.1. The van der Waals surface area contributed by atoms with Gasteiger partial charge in [-0.1, -0.05) is 19.9 Å². The molecule has 1 aromatic rings. The smallest absolute Gasteiger partial charge is 0.231 e. The Kier molecular flexibility index (Phi) is 7.53. The van der Waals surface area contributed by atoms with Gasteiger partial charge in [0, 0.05) is 45.3 Å². The Bertz CT molecular complexity index is 711. The van der Waals surface area contributed by atoms with E-state index in [0.717, 1.165) is 63.1 Å². The van der Waals surface area contributed by atoms with Crippen LogP contribution in [0.5, 0.6) is 11.5 Å². The molecule has 29 heavy (non-hydrogen) atoms. The number of ether oxygens (including phenoxy) is 3. The van der Waals surface area contributed by atoms with Gasteiger partial charge in [-0.15, -0.1) is 24.0 Å². The molecule has 0 aromatic heterocycles. The molecule has 3 aliphatic heterocycles. The number of hydrogen-bond acceptors (Lipinski definition) is 4. The van der Waals surface area contributed by atoms with Gasteiger partial charge in [-0.25, -0.2) is 0 Å². The molecule has 0 spiro atoms. The van der Waals surface area contributed by atoms with Crippen LogP contribution in [0.15, 0.2) is 23.2 Å². The number of piperidine rings is 1. The monoisotopic (exact) mass is 515 g/mol. The Balaban J connectivity index is 0.00000240. The molecule has 162 valence electrons. The van der Waals surface area contributed by atoms with Crippen LogP contribution in [0.1, 0.15) is 38.7 Å². The lowest BCUT2D eigenvalue weighted by molar-refractivity contribution is 0.0509. The van der Waals surface area contributed by atoms with E-state index in [1.165, 1.54) is 12.0 Å². The largest absolute Gasteiger partial charge is 0.454 e. The third-order valence-corrected chi connectivity index (χ3v) is 6.40. The van der Waals surface area contributed by atoms with Gasteiger partial charge < -0.3 is 24.4 Å². The summed E-state index contributed by atoms with van der Waals surface area (Å²) in [6, 6.07) is 6.38. The Morgan fingerprint density at radius 1 is 1.14 bits per heavy atom. The SMILES string of the molecule is CN=C(NCC1(c2ccc3c(c2)OCO3)CCOCC1)N1CC(C)CC(C)C1.I. The molecule has 2 atom stereocenters. The van der Waals surface area contributed by atoms with E-state index in [1.54, 1.807) is 0 Å². The predicted octanol–water partition coefficient (Wildman–Crippen LogP) is 3.63. The Morgan fingerprint density at radius 3 is 2.52 bits per heavy atom. The van der Waals surface area contributed by atoms with E-state index in [1.807, 2.05) is 13.1 Å². The van der Waals surface area contributed by atoms with Crippen molar-refractivity contribution in [1.82, 2.24) is 10.2 Å². The van der Waals surface area contributed by atoms with Gasteiger partial charge in [-0.05, 0) is 48.8 Å². The number of fused-ring (bicyclic) bond motifs is 1. The van der Waals surface area contributed by atoms with Crippen molar-refractivity contribution in [3.8, 4) is 11.5 Å². The quantitative estimate of drug-likeness (QED) is 0.379. The number of nitrogens with zero attached hydrogens (tertiary/aromatic N) is 2. The van der Waals surface area contributed by atoms with Crippen LogP contribution < -0.4 is 14.8 Å². The fraction of sp³-hybridized carbons (Fsp3) is 0.682. The zero-order chi connectivity index (χ0) is 19.6. The summed E-state index contributed by atoms with van der Waals surface area (Å²) in [6.07, 6.45) is 3.28. The summed E-state index contributed by atoms with van der Waals surface area (Å²) in [5, 5.41) is 3.71. The van der Waals surface area contributed by atoms with E-state index in [9.17, 15) is 0 Å². The number of likely N-dealkylation sites (tertiary alicyclic amines) is 1. The minimum atomic E-state index is 0. The minimum Gasteiger partial charge on any atom is -0.454 e. The normalized spacial score (nSPS) is 26.0. The second kappa shape index (κ2) is 9.73. The summed E-state index contributed by atoms with van der Waals surface area (Å²) in [4.78, 5) is 7.03. The number of rotatable bonds is 3. The zero-order valence-electron chi connectivity index (χ0n) is 17.8. The first-order valence-corrected chi connectivity index (χ1v) is 10.5. The molecule has 1 N–H and O–H groups in total. The van der Waals surface area contributed by atoms with Crippen LogP contribution in [-0.4, -0.2) is 57.5 Å². The van der Waals surface area contributed by atoms with Crippen LogP contribution in [0, 0.1) is 11.8 Å². The van der Waals surface area contributed by atoms with Crippen LogP contribution in [0.25, 0.3) is 0 Å². The minimum absolute atomic E-state index is 0. The van der Waals surface area contributed by atoms with Crippen molar-refractivity contribution < 1.29 is 14.2 Å². The highest BCUT2D eigenvalue weighted by Gasteiger charge is 2.36. The first kappa shape index (κ1) is 22.5. The summed E-state index contributed by atoms with van der Waals surface area (Å²) in [5.41, 5.74) is 1.31. The highest BCUT2D eigenvalue weighted by Crippen LogP contribution is 2.40. The first-order valence-electron chi connectivity index (χ1n) is 10.5. The number of nitrogens with one attached hydrogen (secondary N) is 1. The third-order valence-electron chi connectivity index (χ3n) is 6.40. The molecule has 0 radical (unpaired) electrons. The molecular weight excluding hydrogens is 481 g/mol. The molecule has 2 fully saturated rings. The van der Waals surface area contributed by atoms with Crippen molar-refractivity contribution in [2.45, 2.75) is 38.5 Å². The lowest BCUT2D eigenvalue weighted by Gasteiger charge is -2.41. The second-order valence-electron chi connectivity index (χ2n) is 8.71. The molecule has 4 rings (SSSR count). The molecule has 0 amide bonds. The van der Waals surface area contributed by atoms with Crippen molar-refractivity contribution in [2.24, 2.45) is 16.8 Å². The van der Waals surface area contributed by atoms with Gasteiger partial charge in [0.05, 0.1) is 0 Å². The van der Waals surface area contributed by atoms with Crippen LogP contribution >= 0.6 is 24.0 Å². The first-order chi connectivity index (χ1) is 13.6. The average Bonchev–Trinajstić information content (AvgIpc) is 3.16. The maximum Gasteiger partial charge on any atom is 0.231 e. The van der Waals surface area contributed by atoms with Gasteiger partial charge in [0.2, 0.25) is 6.79 Å². The van der Waals surface area contributed by atoms with E-state index in [2.05, 4.69) is 41.2 Å². The topological polar surface area (TPSA) is 55.3 Å². The molecule has 2 saturated heterocycles. The molecule has 0 saturated carbocycles. The summed E-state index contributed by atoms with van der Waals surface area (Å²) in [6.45, 7) is 9.55. The van der Waals surface area contributed by atoms with E-state index in [0.29, 0.717) is 18.6 Å². The molecule has 3 heterocycles. The molecule has 7 heteroatoms. The maximum atomic E-state index is 5.69. The molecule has 0 bridgehead atoms. The van der Waals surface area contributed by atoms with E-state index >= 15 is 0 Å². The highest BCUT2D eigenvalue weighted by atomic mass is 127. The second-order valence-corrected chi connectivity index (χ2v) is 8.71. The van der Waals surface area contributed by atoms with E-state index in [4.69, 9.17) is 14.2 Å². The summed E-state index contributed by atoms with van der Waals surface area (Å²) >= 11 is 0. The fourth-order valence-corrected chi connectivity index (χ4v) is 4.97. The van der Waals surface area contributed by atoms with Crippen molar-refractivity contribution in [2.75, 3.05) is 46.7 Å². The Labute approximate surface area is 191 Å². The van der Waals surface area contributed by atoms with Crippen LogP contribution in [0.2, 0.25) is 0 Å². The summed E-state index contributed by atoms with van der Waals surface area (Å²) < 4.78 is 16.8. The molecule has 3 aliphatic rings. The van der Waals surface area contributed by atoms with Gasteiger partial charge >= 0.3 is 0 Å². The summed E-state index contributed by atoms with van der Waals surface area (Å²) in [7, 11) is 1.89. The number of aliphatic imine (C=N–C) groups is 1. The van der Waals surface area contributed by atoms with E-state index < -0.39 is 0 Å².